The van der Waals surface area contributed by atoms with Crippen LogP contribution in [0.25, 0.3) is 44.4 Å². The SMILES string of the molecule is CCc1ccnc(-n2c3[c-]c(Oc4[c-]c(-n5nc(C)c(-c6c(C)cc(C(C)C)cc6C)c5C)cc(C(C)C)c4)ccc3c3ccccc32)c1.[Pd+2]. The summed E-state index contributed by atoms with van der Waals surface area (Å²) in [4.78, 5) is 4.77. The van der Waals surface area contributed by atoms with Crippen LogP contribution >= 0.6 is 0 Å². The minimum absolute atomic E-state index is 0. The van der Waals surface area contributed by atoms with E-state index in [1.165, 1.54) is 33.4 Å². The zero-order valence-corrected chi connectivity index (χ0v) is 31.9. The predicted molar refractivity (Wildman–Crippen MR) is 202 cm³/mol. The quantitative estimate of drug-likeness (QED) is 0.115. The molecule has 0 amide bonds. The van der Waals surface area contributed by atoms with Crippen molar-refractivity contribution in [3.63, 3.8) is 0 Å². The van der Waals surface area contributed by atoms with Gasteiger partial charge in [0.1, 0.15) is 5.82 Å². The fourth-order valence-corrected chi connectivity index (χ4v) is 7.11. The first-order valence-electron chi connectivity index (χ1n) is 17.4. The molecule has 0 spiro atoms. The first-order valence-corrected chi connectivity index (χ1v) is 17.4. The van der Waals surface area contributed by atoms with Gasteiger partial charge in [-0.05, 0) is 103 Å². The zero-order valence-electron chi connectivity index (χ0n) is 30.4. The fraction of sp³-hybridized carbons (Fsp3) is 0.273. The van der Waals surface area contributed by atoms with Crippen LogP contribution in [-0.2, 0) is 26.8 Å². The van der Waals surface area contributed by atoms with E-state index in [4.69, 9.17) is 14.8 Å². The zero-order chi connectivity index (χ0) is 34.6. The van der Waals surface area contributed by atoms with E-state index in [2.05, 4.69) is 146 Å². The molecule has 7 rings (SSSR count). The van der Waals surface area contributed by atoms with Crippen LogP contribution in [-0.4, -0.2) is 19.3 Å². The van der Waals surface area contributed by atoms with Gasteiger partial charge in [-0.15, -0.1) is 41.3 Å². The second-order valence-corrected chi connectivity index (χ2v) is 13.9. The van der Waals surface area contributed by atoms with Crippen molar-refractivity contribution in [1.82, 2.24) is 19.3 Å². The van der Waals surface area contributed by atoms with Gasteiger partial charge in [0, 0.05) is 34.5 Å². The number of ether oxygens (including phenoxy) is 1. The Balaban J connectivity index is 0.00000432. The van der Waals surface area contributed by atoms with E-state index < -0.39 is 0 Å². The van der Waals surface area contributed by atoms with Crippen LogP contribution in [0.5, 0.6) is 11.5 Å². The number of nitrogens with zero attached hydrogens (tertiary/aromatic N) is 4. The Labute approximate surface area is 310 Å². The summed E-state index contributed by atoms with van der Waals surface area (Å²) in [5.74, 6) is 2.89. The molecule has 0 fully saturated rings. The maximum atomic E-state index is 6.62. The average molecular weight is 751 g/mol. The van der Waals surface area contributed by atoms with Crippen molar-refractivity contribution in [3.8, 4) is 34.1 Å². The number of para-hydroxylation sites is 1. The molecule has 0 saturated heterocycles. The normalized spacial score (nSPS) is 11.6. The van der Waals surface area contributed by atoms with Crippen molar-refractivity contribution >= 4 is 21.8 Å². The molecule has 0 saturated carbocycles. The number of pyridine rings is 1. The van der Waals surface area contributed by atoms with Crippen LogP contribution < -0.4 is 4.74 Å². The molecule has 3 heterocycles. The van der Waals surface area contributed by atoms with Crippen molar-refractivity contribution < 1.29 is 25.2 Å². The molecule has 7 aromatic rings. The fourth-order valence-electron chi connectivity index (χ4n) is 7.11. The van der Waals surface area contributed by atoms with Crippen molar-refractivity contribution in [2.75, 3.05) is 0 Å². The van der Waals surface area contributed by atoms with Gasteiger partial charge in [-0.3, -0.25) is 4.68 Å². The minimum atomic E-state index is 0. The maximum Gasteiger partial charge on any atom is 2.00 e. The molecule has 256 valence electrons. The number of aromatic nitrogens is 4. The molecule has 4 aromatic carbocycles. The van der Waals surface area contributed by atoms with Crippen LogP contribution in [0.4, 0.5) is 0 Å². The number of fused-ring (bicyclic) bond motifs is 3. The van der Waals surface area contributed by atoms with Gasteiger partial charge in [-0.2, -0.15) is 11.2 Å². The summed E-state index contributed by atoms with van der Waals surface area (Å²) < 4.78 is 10.8. The van der Waals surface area contributed by atoms with Gasteiger partial charge < -0.3 is 9.30 Å². The molecule has 50 heavy (non-hydrogen) atoms. The molecule has 0 atom stereocenters. The third kappa shape index (κ3) is 6.32. The summed E-state index contributed by atoms with van der Waals surface area (Å²) in [7, 11) is 0. The second-order valence-electron chi connectivity index (χ2n) is 13.9. The van der Waals surface area contributed by atoms with Gasteiger partial charge in [0.25, 0.3) is 0 Å². The first kappa shape index (κ1) is 35.3. The molecule has 6 heteroatoms. The molecule has 0 aliphatic rings. The first-order chi connectivity index (χ1) is 23.5. The molecular weight excluding hydrogens is 707 g/mol. The Hall–Kier alpha value is -4.50. The van der Waals surface area contributed by atoms with Gasteiger partial charge in [0.2, 0.25) is 0 Å². The third-order valence-electron chi connectivity index (χ3n) is 9.73. The molecule has 0 bridgehead atoms. The van der Waals surface area contributed by atoms with Crippen LogP contribution in [0.3, 0.4) is 0 Å². The smallest absolute Gasteiger partial charge is 0.509 e. The van der Waals surface area contributed by atoms with Gasteiger partial charge in [-0.1, -0.05) is 70.5 Å². The monoisotopic (exact) mass is 750 g/mol. The van der Waals surface area contributed by atoms with Gasteiger partial charge in [0.15, 0.2) is 0 Å². The molecular formula is C44H44N4OPd. The number of hydrogen-bond acceptors (Lipinski definition) is 3. The number of aryl methyl sites for hydroxylation is 4. The Bertz CT molecular complexity index is 2340. The second kappa shape index (κ2) is 14.0. The Morgan fingerprint density at radius 3 is 2.14 bits per heavy atom. The largest absolute Gasteiger partial charge is 2.00 e. The molecule has 0 aliphatic carbocycles. The molecule has 3 aromatic heterocycles. The summed E-state index contributed by atoms with van der Waals surface area (Å²) >= 11 is 0. The Kier molecular flexibility index (Phi) is 9.91. The summed E-state index contributed by atoms with van der Waals surface area (Å²) in [5.41, 5.74) is 13.7. The van der Waals surface area contributed by atoms with Crippen molar-refractivity contribution in [1.29, 1.82) is 0 Å². The summed E-state index contributed by atoms with van der Waals surface area (Å²) in [6.07, 6.45) is 2.83. The van der Waals surface area contributed by atoms with Crippen molar-refractivity contribution in [2.45, 2.75) is 80.6 Å². The van der Waals surface area contributed by atoms with Crippen LogP contribution in [0.2, 0.25) is 0 Å². The molecule has 0 aliphatic heterocycles. The standard InChI is InChI=1S/C44H44N4O.Pd/c1-10-32-17-18-45-42(21-32)47-40-14-12-11-13-38(40)39-16-15-36(25-41(39)47)49-37-23-34(27(4)5)22-35(24-37)48-31(9)44(30(8)46-48)43-28(6)19-33(26(2)3)20-29(43)7;/h11-23,26-27H,10H2,1-9H3;/q-2;+2. The molecule has 5 nitrogen and oxygen atoms in total. The van der Waals surface area contributed by atoms with Gasteiger partial charge in [0.05, 0.1) is 5.69 Å². The van der Waals surface area contributed by atoms with Gasteiger partial charge in [-0.25, -0.2) is 4.98 Å². The Morgan fingerprint density at radius 1 is 0.740 bits per heavy atom. The average Bonchev–Trinajstić information content (AvgIpc) is 3.57. The summed E-state index contributed by atoms with van der Waals surface area (Å²) in [6, 6.07) is 32.9. The molecule has 0 unspecified atom stereocenters. The summed E-state index contributed by atoms with van der Waals surface area (Å²) in [6.45, 7) is 19.7. The number of hydrogen-bond donors (Lipinski definition) is 0. The number of benzene rings is 4. The van der Waals surface area contributed by atoms with E-state index in [9.17, 15) is 0 Å². The van der Waals surface area contributed by atoms with E-state index in [0.717, 1.165) is 56.7 Å². The van der Waals surface area contributed by atoms with Crippen LogP contribution in [0.1, 0.15) is 85.7 Å². The molecule has 0 radical (unpaired) electrons. The number of rotatable bonds is 8. The van der Waals surface area contributed by atoms with Gasteiger partial charge >= 0.3 is 20.4 Å². The Morgan fingerprint density at radius 2 is 1.44 bits per heavy atom. The van der Waals surface area contributed by atoms with E-state index in [1.807, 2.05) is 16.9 Å². The molecule has 0 N–H and O–H groups in total. The minimum Gasteiger partial charge on any atom is -0.509 e. The summed E-state index contributed by atoms with van der Waals surface area (Å²) in [5, 5.41) is 7.34. The van der Waals surface area contributed by atoms with Crippen molar-refractivity contribution in [3.05, 3.63) is 130 Å². The van der Waals surface area contributed by atoms with Crippen LogP contribution in [0, 0.1) is 39.8 Å². The predicted octanol–water partition coefficient (Wildman–Crippen LogP) is 11.5. The topological polar surface area (TPSA) is 44.9 Å². The van der Waals surface area contributed by atoms with E-state index >= 15 is 0 Å². The van der Waals surface area contributed by atoms with E-state index in [0.29, 0.717) is 17.4 Å². The maximum absolute atomic E-state index is 6.62. The van der Waals surface area contributed by atoms with Crippen molar-refractivity contribution in [2.24, 2.45) is 0 Å². The third-order valence-corrected chi connectivity index (χ3v) is 9.73. The van der Waals surface area contributed by atoms with E-state index in [-0.39, 0.29) is 26.3 Å². The van der Waals surface area contributed by atoms with E-state index in [1.54, 1.807) is 0 Å². The van der Waals surface area contributed by atoms with Crippen LogP contribution in [0.15, 0.2) is 79.0 Å².